The molecule has 0 radical (unpaired) electrons. The number of aryl methyl sites for hydroxylation is 3. The van der Waals surface area contributed by atoms with E-state index in [4.69, 9.17) is 0 Å². The molecular formula is C21H25N3. The van der Waals surface area contributed by atoms with Crippen molar-refractivity contribution < 1.29 is 0 Å². The molecule has 0 fully saturated rings. The van der Waals surface area contributed by atoms with Gasteiger partial charge in [0.1, 0.15) is 0 Å². The van der Waals surface area contributed by atoms with Crippen molar-refractivity contribution in [3.05, 3.63) is 77.1 Å². The zero-order valence-electron chi connectivity index (χ0n) is 15.0. The highest BCUT2D eigenvalue weighted by Crippen LogP contribution is 2.25. The molecule has 0 bridgehead atoms. The fraction of sp³-hybridized carbons (Fsp3) is 0.333. The van der Waals surface area contributed by atoms with Gasteiger partial charge >= 0.3 is 0 Å². The predicted molar refractivity (Wildman–Crippen MR) is 98.6 cm³/mol. The number of aromatic nitrogens is 3. The Hall–Kier alpha value is -2.42. The first-order valence-electron chi connectivity index (χ1n) is 8.50. The summed E-state index contributed by atoms with van der Waals surface area (Å²) in [6.07, 6.45) is 3.92. The summed E-state index contributed by atoms with van der Waals surface area (Å²) < 4.78 is 1.84. The molecule has 0 aliphatic carbocycles. The van der Waals surface area contributed by atoms with Gasteiger partial charge in [0.05, 0.1) is 17.6 Å². The van der Waals surface area contributed by atoms with Gasteiger partial charge in [0.2, 0.25) is 0 Å². The third-order valence-corrected chi connectivity index (χ3v) is 4.43. The summed E-state index contributed by atoms with van der Waals surface area (Å²) in [4.78, 5) is 0. The van der Waals surface area contributed by atoms with Crippen molar-refractivity contribution in [3.8, 4) is 5.69 Å². The normalized spacial score (nSPS) is 11.7. The maximum Gasteiger partial charge on any atom is 0.0835 e. The largest absolute Gasteiger partial charge is 0.220 e. The van der Waals surface area contributed by atoms with Gasteiger partial charge in [0, 0.05) is 0 Å². The van der Waals surface area contributed by atoms with Crippen LogP contribution < -0.4 is 0 Å². The first kappa shape index (κ1) is 16.4. The first-order chi connectivity index (χ1) is 11.4. The van der Waals surface area contributed by atoms with Gasteiger partial charge in [0.15, 0.2) is 0 Å². The SMILES string of the molecule is Cc1ccc(C(C)(C)C)cc1CCc1cn(-c2ccccc2)nn1. The van der Waals surface area contributed by atoms with Crippen LogP contribution in [0.5, 0.6) is 0 Å². The Morgan fingerprint density at radius 1 is 0.958 bits per heavy atom. The van der Waals surface area contributed by atoms with Gasteiger partial charge in [-0.05, 0) is 54.0 Å². The number of hydrogen-bond acceptors (Lipinski definition) is 2. The summed E-state index contributed by atoms with van der Waals surface area (Å²) in [6.45, 7) is 8.95. The van der Waals surface area contributed by atoms with Gasteiger partial charge in [-0.3, -0.25) is 0 Å². The summed E-state index contributed by atoms with van der Waals surface area (Å²) in [6, 6.07) is 16.9. The van der Waals surface area contributed by atoms with Crippen LogP contribution in [0.2, 0.25) is 0 Å². The molecule has 2 aromatic carbocycles. The molecule has 0 spiro atoms. The summed E-state index contributed by atoms with van der Waals surface area (Å²) in [5, 5.41) is 8.57. The Bertz CT molecular complexity index is 811. The van der Waals surface area contributed by atoms with Crippen molar-refractivity contribution in [1.82, 2.24) is 15.0 Å². The van der Waals surface area contributed by atoms with Crippen LogP contribution in [0.3, 0.4) is 0 Å². The van der Waals surface area contributed by atoms with Gasteiger partial charge in [-0.25, -0.2) is 4.68 Å². The second-order valence-corrected chi connectivity index (χ2v) is 7.38. The monoisotopic (exact) mass is 319 g/mol. The van der Waals surface area contributed by atoms with E-state index in [1.807, 2.05) is 41.2 Å². The van der Waals surface area contributed by atoms with E-state index in [1.54, 1.807) is 0 Å². The highest BCUT2D eigenvalue weighted by molar-refractivity contribution is 5.35. The summed E-state index contributed by atoms with van der Waals surface area (Å²) >= 11 is 0. The topological polar surface area (TPSA) is 30.7 Å². The molecule has 3 heteroatoms. The smallest absolute Gasteiger partial charge is 0.0835 e. The lowest BCUT2D eigenvalue weighted by Crippen LogP contribution is -2.12. The molecule has 1 aromatic heterocycles. The Balaban J connectivity index is 1.74. The number of rotatable bonds is 4. The standard InChI is InChI=1S/C21H25N3/c1-16-10-12-18(21(2,3)4)14-17(16)11-13-19-15-24(23-22-19)20-8-6-5-7-9-20/h5-10,12,14-15H,11,13H2,1-4H3. The highest BCUT2D eigenvalue weighted by Gasteiger charge is 2.15. The Morgan fingerprint density at radius 3 is 2.42 bits per heavy atom. The van der Waals surface area contributed by atoms with Crippen LogP contribution in [0.1, 0.15) is 43.2 Å². The molecule has 0 atom stereocenters. The van der Waals surface area contributed by atoms with Crippen LogP contribution in [0.25, 0.3) is 5.69 Å². The van der Waals surface area contributed by atoms with E-state index < -0.39 is 0 Å². The quantitative estimate of drug-likeness (QED) is 0.700. The number of nitrogens with zero attached hydrogens (tertiary/aromatic N) is 3. The number of benzene rings is 2. The maximum absolute atomic E-state index is 4.32. The number of hydrogen-bond donors (Lipinski definition) is 0. The fourth-order valence-corrected chi connectivity index (χ4v) is 2.79. The minimum Gasteiger partial charge on any atom is -0.220 e. The highest BCUT2D eigenvalue weighted by atomic mass is 15.4. The minimum absolute atomic E-state index is 0.179. The second-order valence-electron chi connectivity index (χ2n) is 7.38. The third kappa shape index (κ3) is 3.73. The van der Waals surface area contributed by atoms with Gasteiger partial charge < -0.3 is 0 Å². The Kier molecular flexibility index (Phi) is 4.52. The zero-order chi connectivity index (χ0) is 17.2. The van der Waals surface area contributed by atoms with Crippen LogP contribution >= 0.6 is 0 Å². The average molecular weight is 319 g/mol. The van der Waals surface area contributed by atoms with E-state index in [-0.39, 0.29) is 5.41 Å². The van der Waals surface area contributed by atoms with E-state index in [1.165, 1.54) is 16.7 Å². The number of para-hydroxylation sites is 1. The zero-order valence-corrected chi connectivity index (χ0v) is 15.0. The van der Waals surface area contributed by atoms with E-state index in [0.29, 0.717) is 0 Å². The van der Waals surface area contributed by atoms with E-state index in [2.05, 4.69) is 56.2 Å². The van der Waals surface area contributed by atoms with Gasteiger partial charge in [0.25, 0.3) is 0 Å². The molecule has 0 aliphatic rings. The predicted octanol–water partition coefficient (Wildman–Crippen LogP) is 4.66. The molecule has 0 saturated carbocycles. The van der Waals surface area contributed by atoms with Crippen LogP contribution in [-0.2, 0) is 18.3 Å². The lowest BCUT2D eigenvalue weighted by Gasteiger charge is -2.20. The molecule has 3 aromatic rings. The maximum atomic E-state index is 4.32. The van der Waals surface area contributed by atoms with Gasteiger partial charge in [-0.15, -0.1) is 5.10 Å². The molecule has 0 saturated heterocycles. The van der Waals surface area contributed by atoms with E-state index in [0.717, 1.165) is 24.2 Å². The molecular weight excluding hydrogens is 294 g/mol. The molecule has 24 heavy (non-hydrogen) atoms. The van der Waals surface area contributed by atoms with Crippen molar-refractivity contribution in [2.75, 3.05) is 0 Å². The summed E-state index contributed by atoms with van der Waals surface area (Å²) in [7, 11) is 0. The molecule has 0 aliphatic heterocycles. The van der Waals surface area contributed by atoms with Crippen LogP contribution in [0.15, 0.2) is 54.7 Å². The molecule has 124 valence electrons. The van der Waals surface area contributed by atoms with Gasteiger partial charge in [-0.2, -0.15) is 0 Å². The summed E-state index contributed by atoms with van der Waals surface area (Å²) in [5.74, 6) is 0. The van der Waals surface area contributed by atoms with Crippen LogP contribution in [0.4, 0.5) is 0 Å². The van der Waals surface area contributed by atoms with Crippen molar-refractivity contribution in [2.45, 2.75) is 46.0 Å². The van der Waals surface area contributed by atoms with Crippen molar-refractivity contribution in [3.63, 3.8) is 0 Å². The fourth-order valence-electron chi connectivity index (χ4n) is 2.79. The van der Waals surface area contributed by atoms with Crippen LogP contribution in [-0.4, -0.2) is 15.0 Å². The molecule has 0 amide bonds. The Labute approximate surface area is 144 Å². The Morgan fingerprint density at radius 2 is 1.71 bits per heavy atom. The average Bonchev–Trinajstić information content (AvgIpc) is 3.03. The molecule has 0 N–H and O–H groups in total. The van der Waals surface area contributed by atoms with Crippen molar-refractivity contribution in [1.29, 1.82) is 0 Å². The lowest BCUT2D eigenvalue weighted by atomic mass is 9.84. The molecule has 3 nitrogen and oxygen atoms in total. The van der Waals surface area contributed by atoms with Crippen LogP contribution in [0, 0.1) is 6.92 Å². The van der Waals surface area contributed by atoms with Gasteiger partial charge in [-0.1, -0.05) is 62.4 Å². The van der Waals surface area contributed by atoms with E-state index in [9.17, 15) is 0 Å². The lowest BCUT2D eigenvalue weighted by molar-refractivity contribution is 0.589. The first-order valence-corrected chi connectivity index (χ1v) is 8.50. The molecule has 0 unspecified atom stereocenters. The minimum atomic E-state index is 0.179. The van der Waals surface area contributed by atoms with E-state index >= 15 is 0 Å². The van der Waals surface area contributed by atoms with Crippen molar-refractivity contribution >= 4 is 0 Å². The summed E-state index contributed by atoms with van der Waals surface area (Å²) in [5.41, 5.74) is 6.38. The molecule has 1 heterocycles. The molecule has 3 rings (SSSR count). The van der Waals surface area contributed by atoms with Crippen molar-refractivity contribution in [2.24, 2.45) is 0 Å². The third-order valence-electron chi connectivity index (χ3n) is 4.43. The second kappa shape index (κ2) is 6.60.